The summed E-state index contributed by atoms with van der Waals surface area (Å²) < 4.78 is 13.2. The largest absolute Gasteiger partial charge is 0.397 e. The zero-order chi connectivity index (χ0) is 22.9. The van der Waals surface area contributed by atoms with Gasteiger partial charge in [0.15, 0.2) is 0 Å². The number of likely N-dealkylation sites (N-methyl/N-ethyl adjacent to an activating group) is 1. The second-order valence-electron chi connectivity index (χ2n) is 8.73. The predicted octanol–water partition coefficient (Wildman–Crippen LogP) is 2.70. The van der Waals surface area contributed by atoms with E-state index < -0.39 is 0 Å². The molecule has 7 nitrogen and oxygen atoms in total. The van der Waals surface area contributed by atoms with E-state index >= 15 is 0 Å². The van der Waals surface area contributed by atoms with Crippen molar-refractivity contribution in [2.24, 2.45) is 0 Å². The molecule has 4 heterocycles. The van der Waals surface area contributed by atoms with Crippen LogP contribution in [0.15, 0.2) is 48.5 Å². The van der Waals surface area contributed by atoms with E-state index in [0.717, 1.165) is 48.8 Å². The highest BCUT2D eigenvalue weighted by molar-refractivity contribution is 5.80. The lowest BCUT2D eigenvalue weighted by Gasteiger charge is -2.33. The lowest BCUT2D eigenvalue weighted by molar-refractivity contribution is -0.131. The molecular weight excluding hydrogens is 419 g/mol. The number of hydrogen-bond acceptors (Lipinski definition) is 6. The van der Waals surface area contributed by atoms with Gasteiger partial charge in [-0.1, -0.05) is 6.07 Å². The van der Waals surface area contributed by atoms with Gasteiger partial charge < -0.3 is 20.4 Å². The van der Waals surface area contributed by atoms with Gasteiger partial charge in [0.25, 0.3) is 0 Å². The molecule has 2 aliphatic heterocycles. The molecule has 3 aromatic rings. The Morgan fingerprint density at radius 3 is 2.48 bits per heavy atom. The number of piperazine rings is 1. The molecule has 1 amide bonds. The number of rotatable bonds is 4. The summed E-state index contributed by atoms with van der Waals surface area (Å²) >= 11 is 0. The minimum absolute atomic E-state index is 0.0374. The van der Waals surface area contributed by atoms with E-state index in [4.69, 9.17) is 10.7 Å². The summed E-state index contributed by atoms with van der Waals surface area (Å²) in [7, 11) is 2.13. The number of nitrogen functional groups attached to an aromatic ring is 1. The lowest BCUT2D eigenvalue weighted by Crippen LogP contribution is -2.44. The number of amides is 1. The zero-order valence-corrected chi connectivity index (χ0v) is 18.7. The summed E-state index contributed by atoms with van der Waals surface area (Å²) in [5.74, 6) is 0.640. The summed E-state index contributed by atoms with van der Waals surface area (Å²) in [5.41, 5.74) is 10.6. The fourth-order valence-corrected chi connectivity index (χ4v) is 4.32. The Kier molecular flexibility index (Phi) is 5.68. The molecule has 1 fully saturated rings. The molecule has 1 aromatic carbocycles. The van der Waals surface area contributed by atoms with Crippen molar-refractivity contribution in [3.8, 4) is 11.3 Å². The van der Waals surface area contributed by atoms with Crippen LogP contribution in [0.3, 0.4) is 0 Å². The molecule has 0 atom stereocenters. The fraction of sp³-hybridized carbons (Fsp3) is 0.320. The van der Waals surface area contributed by atoms with E-state index in [0.29, 0.717) is 30.2 Å². The normalized spacial score (nSPS) is 16.2. The Hall–Kier alpha value is -3.52. The van der Waals surface area contributed by atoms with E-state index in [9.17, 15) is 9.18 Å². The summed E-state index contributed by atoms with van der Waals surface area (Å²) in [4.78, 5) is 29.0. The molecule has 0 bridgehead atoms. The molecule has 33 heavy (non-hydrogen) atoms. The van der Waals surface area contributed by atoms with Gasteiger partial charge in [0.2, 0.25) is 5.91 Å². The fourth-order valence-electron chi connectivity index (χ4n) is 4.32. The van der Waals surface area contributed by atoms with Crippen molar-refractivity contribution in [3.63, 3.8) is 0 Å². The molecule has 0 spiro atoms. The summed E-state index contributed by atoms with van der Waals surface area (Å²) in [6.07, 6.45) is 0.111. The molecule has 5 rings (SSSR count). The average Bonchev–Trinajstić information content (AvgIpc) is 3.25. The van der Waals surface area contributed by atoms with Gasteiger partial charge in [0, 0.05) is 38.3 Å². The van der Waals surface area contributed by atoms with Crippen LogP contribution in [0.4, 0.5) is 15.9 Å². The van der Waals surface area contributed by atoms with Gasteiger partial charge in [-0.3, -0.25) is 9.78 Å². The predicted molar refractivity (Wildman–Crippen MR) is 126 cm³/mol. The first-order valence-corrected chi connectivity index (χ1v) is 11.2. The van der Waals surface area contributed by atoms with Crippen molar-refractivity contribution in [2.75, 3.05) is 43.9 Å². The zero-order valence-electron chi connectivity index (χ0n) is 18.7. The van der Waals surface area contributed by atoms with Gasteiger partial charge in [-0.05, 0) is 55.1 Å². The van der Waals surface area contributed by atoms with E-state index in [1.165, 1.54) is 12.1 Å². The van der Waals surface area contributed by atoms with Crippen LogP contribution in [0.1, 0.15) is 17.0 Å². The minimum atomic E-state index is -0.303. The number of carbonyl (C=O) groups excluding carboxylic acids is 1. The smallest absolute Gasteiger partial charge is 0.229 e. The Morgan fingerprint density at radius 1 is 0.970 bits per heavy atom. The maximum Gasteiger partial charge on any atom is 0.229 e. The number of nitrogens with two attached hydrogens (primary N) is 1. The molecule has 2 N–H and O–H groups in total. The topological polar surface area (TPSA) is 78.6 Å². The highest BCUT2D eigenvalue weighted by Crippen LogP contribution is 2.26. The third-order valence-corrected chi connectivity index (χ3v) is 6.40. The van der Waals surface area contributed by atoms with Gasteiger partial charge in [-0.2, -0.15) is 0 Å². The first-order valence-electron chi connectivity index (χ1n) is 11.2. The molecule has 2 aromatic heterocycles. The van der Waals surface area contributed by atoms with Crippen LogP contribution in [0, 0.1) is 5.82 Å². The van der Waals surface area contributed by atoms with E-state index in [1.807, 2.05) is 0 Å². The van der Waals surface area contributed by atoms with Gasteiger partial charge in [-0.25, -0.2) is 9.37 Å². The number of nitrogens with zero attached hydrogens (tertiary/aromatic N) is 5. The Balaban J connectivity index is 1.28. The van der Waals surface area contributed by atoms with Crippen LogP contribution in [0.5, 0.6) is 0 Å². The molecule has 170 valence electrons. The van der Waals surface area contributed by atoms with Crippen molar-refractivity contribution >= 4 is 17.4 Å². The number of hydrogen-bond donors (Lipinski definition) is 1. The number of benzene rings is 1. The number of fused-ring (bicyclic) bond motifs is 1. The van der Waals surface area contributed by atoms with Crippen molar-refractivity contribution in [1.82, 2.24) is 19.8 Å². The summed E-state index contributed by atoms with van der Waals surface area (Å²) in [6.45, 7) is 5.00. The van der Waals surface area contributed by atoms with Crippen LogP contribution < -0.4 is 10.6 Å². The van der Waals surface area contributed by atoms with Crippen LogP contribution >= 0.6 is 0 Å². The molecule has 2 aliphatic rings. The highest BCUT2D eigenvalue weighted by atomic mass is 19.1. The number of anilines is 2. The van der Waals surface area contributed by atoms with Crippen LogP contribution in [0.2, 0.25) is 0 Å². The van der Waals surface area contributed by atoms with Crippen molar-refractivity contribution in [2.45, 2.75) is 19.5 Å². The standard InChI is InChI=1S/C25H27FN6O/c1-30-10-12-31(13-11-30)24-9-4-18-15-32(16-23(18)29-24)25(33)14-22-20(27)7-8-21(28-22)17-2-5-19(26)6-3-17/h2-9H,10-16,27H2,1H3. The maximum absolute atomic E-state index is 13.2. The number of carbonyl (C=O) groups is 1. The number of pyridine rings is 2. The summed E-state index contributed by atoms with van der Waals surface area (Å²) in [6, 6.07) is 13.8. The van der Waals surface area contributed by atoms with Crippen molar-refractivity contribution in [1.29, 1.82) is 0 Å². The molecule has 0 aliphatic carbocycles. The third kappa shape index (κ3) is 4.52. The number of halogens is 1. The van der Waals surface area contributed by atoms with Crippen LogP contribution in [-0.2, 0) is 24.3 Å². The Bertz CT molecular complexity index is 1170. The van der Waals surface area contributed by atoms with Gasteiger partial charge in [0.1, 0.15) is 11.6 Å². The van der Waals surface area contributed by atoms with Crippen molar-refractivity contribution < 1.29 is 9.18 Å². The van der Waals surface area contributed by atoms with Gasteiger partial charge in [-0.15, -0.1) is 0 Å². The minimum Gasteiger partial charge on any atom is -0.397 e. The molecule has 0 unspecified atom stereocenters. The molecule has 0 saturated carbocycles. The maximum atomic E-state index is 13.2. The van der Waals surface area contributed by atoms with Crippen LogP contribution in [-0.4, -0.2) is 58.9 Å². The highest BCUT2D eigenvalue weighted by Gasteiger charge is 2.27. The van der Waals surface area contributed by atoms with E-state index in [-0.39, 0.29) is 18.1 Å². The lowest BCUT2D eigenvalue weighted by atomic mass is 10.1. The average molecular weight is 447 g/mol. The van der Waals surface area contributed by atoms with E-state index in [1.54, 1.807) is 29.2 Å². The van der Waals surface area contributed by atoms with Gasteiger partial charge in [0.05, 0.1) is 35.7 Å². The van der Waals surface area contributed by atoms with Gasteiger partial charge >= 0.3 is 0 Å². The SMILES string of the molecule is CN1CCN(c2ccc3c(n2)CN(C(=O)Cc2nc(-c4ccc(F)cc4)ccc2N)C3)CC1. The number of aromatic nitrogens is 2. The second-order valence-corrected chi connectivity index (χ2v) is 8.73. The Morgan fingerprint density at radius 2 is 1.73 bits per heavy atom. The van der Waals surface area contributed by atoms with Crippen LogP contribution in [0.25, 0.3) is 11.3 Å². The van der Waals surface area contributed by atoms with E-state index in [2.05, 4.69) is 34.0 Å². The monoisotopic (exact) mass is 446 g/mol. The first kappa shape index (κ1) is 21.3. The molecule has 8 heteroatoms. The van der Waals surface area contributed by atoms with Crippen molar-refractivity contribution in [3.05, 3.63) is 71.3 Å². The molecule has 0 radical (unpaired) electrons. The third-order valence-electron chi connectivity index (χ3n) is 6.40. The quantitative estimate of drug-likeness (QED) is 0.664. The molecule has 1 saturated heterocycles. The summed E-state index contributed by atoms with van der Waals surface area (Å²) in [5, 5.41) is 0. The molecular formula is C25H27FN6O. The Labute approximate surface area is 192 Å². The first-order chi connectivity index (χ1) is 16.0. The second kappa shape index (κ2) is 8.78.